The Morgan fingerprint density at radius 3 is 1.85 bits per heavy atom. The molecule has 0 aromatic heterocycles. The fraction of sp³-hybridized carbons (Fsp3) is 0.0870. The highest BCUT2D eigenvalue weighted by Crippen LogP contribution is 2.47. The predicted octanol–water partition coefficient (Wildman–Crippen LogP) is 13.1. The van der Waals surface area contributed by atoms with Crippen molar-refractivity contribution < 1.29 is 0 Å². The highest BCUT2D eigenvalue weighted by atomic mass is 14.3. The van der Waals surface area contributed by atoms with Crippen LogP contribution in [-0.4, -0.2) is 0 Å². The second-order valence-electron chi connectivity index (χ2n) is 11.5. The zero-order valence-corrected chi connectivity index (χ0v) is 26.8. The predicted molar refractivity (Wildman–Crippen MR) is 204 cm³/mol. The molecule has 46 heavy (non-hydrogen) atoms. The van der Waals surface area contributed by atoms with E-state index in [4.69, 9.17) is 0 Å². The third-order valence-corrected chi connectivity index (χ3v) is 8.86. The van der Waals surface area contributed by atoms with Crippen molar-refractivity contribution in [2.75, 3.05) is 0 Å². The van der Waals surface area contributed by atoms with E-state index in [1.54, 1.807) is 0 Å². The molecule has 0 spiro atoms. The van der Waals surface area contributed by atoms with E-state index in [9.17, 15) is 0 Å². The van der Waals surface area contributed by atoms with Gasteiger partial charge in [-0.15, -0.1) is 0 Å². The van der Waals surface area contributed by atoms with Crippen LogP contribution >= 0.6 is 0 Å². The van der Waals surface area contributed by atoms with E-state index in [0.717, 1.165) is 12.0 Å². The fourth-order valence-corrected chi connectivity index (χ4v) is 6.88. The number of hydrogen-bond acceptors (Lipinski definition) is 0. The van der Waals surface area contributed by atoms with Crippen LogP contribution in [0.15, 0.2) is 183 Å². The standard InChI is InChI=1S/C46H40/c1-5-18-33(19-6-2)34-29-31-36(32-30-34)38-23-12-13-24-40(38)46-43-27-16-14-25-41(43)45(42-26-15-17-28-44(42)46)39(20-7-3)37(8-4)35-21-10-9-11-22-35/h5-21,23-32,35H,1,3,22H2,2,4H3/b19-6-,33-18+,37-8-,39-20+. The van der Waals surface area contributed by atoms with E-state index >= 15 is 0 Å². The van der Waals surface area contributed by atoms with E-state index in [1.165, 1.54) is 66.1 Å². The molecule has 0 nitrogen and oxygen atoms in total. The summed E-state index contributed by atoms with van der Waals surface area (Å²) < 4.78 is 0. The van der Waals surface area contributed by atoms with Crippen molar-refractivity contribution >= 4 is 32.7 Å². The molecule has 224 valence electrons. The molecule has 0 aliphatic heterocycles. The largest absolute Gasteiger partial charge is 0.0990 e. The summed E-state index contributed by atoms with van der Waals surface area (Å²) in [6, 6.07) is 35.5. The Labute approximate surface area is 274 Å². The number of rotatable bonds is 9. The van der Waals surface area contributed by atoms with Gasteiger partial charge < -0.3 is 0 Å². The summed E-state index contributed by atoms with van der Waals surface area (Å²) in [6.07, 6.45) is 24.4. The van der Waals surface area contributed by atoms with Crippen LogP contribution in [0.3, 0.4) is 0 Å². The van der Waals surface area contributed by atoms with Gasteiger partial charge in [-0.3, -0.25) is 0 Å². The lowest BCUT2D eigenvalue weighted by Gasteiger charge is -2.25. The second-order valence-corrected chi connectivity index (χ2v) is 11.5. The summed E-state index contributed by atoms with van der Waals surface area (Å²) >= 11 is 0. The minimum Gasteiger partial charge on any atom is -0.0990 e. The van der Waals surface area contributed by atoms with Crippen LogP contribution in [0.2, 0.25) is 0 Å². The Morgan fingerprint density at radius 1 is 0.674 bits per heavy atom. The van der Waals surface area contributed by atoms with Crippen molar-refractivity contribution in [1.29, 1.82) is 0 Å². The van der Waals surface area contributed by atoms with E-state index in [1.807, 2.05) is 19.1 Å². The first-order chi connectivity index (χ1) is 22.7. The molecule has 0 fully saturated rings. The first kappa shape index (κ1) is 30.6. The maximum Gasteiger partial charge on any atom is 0.00585 e. The highest BCUT2D eigenvalue weighted by Gasteiger charge is 2.23. The maximum absolute atomic E-state index is 4.15. The smallest absolute Gasteiger partial charge is 0.00585 e. The number of hydrogen-bond donors (Lipinski definition) is 0. The van der Waals surface area contributed by atoms with E-state index < -0.39 is 0 Å². The van der Waals surface area contributed by atoms with Gasteiger partial charge in [-0.05, 0) is 91.9 Å². The van der Waals surface area contributed by atoms with Gasteiger partial charge in [0, 0.05) is 5.92 Å². The van der Waals surface area contributed by atoms with E-state index in [2.05, 4.69) is 172 Å². The lowest BCUT2D eigenvalue weighted by molar-refractivity contribution is 0.790. The molecule has 5 aromatic carbocycles. The third-order valence-electron chi connectivity index (χ3n) is 8.86. The summed E-state index contributed by atoms with van der Waals surface area (Å²) in [7, 11) is 0. The maximum atomic E-state index is 4.15. The molecule has 0 N–H and O–H groups in total. The molecule has 1 aliphatic rings. The lowest BCUT2D eigenvalue weighted by atomic mass is 9.79. The first-order valence-electron chi connectivity index (χ1n) is 16.1. The quantitative estimate of drug-likeness (QED) is 0.118. The average Bonchev–Trinajstić information content (AvgIpc) is 3.11. The molecule has 5 aromatic rings. The van der Waals surface area contributed by atoms with E-state index in [-0.39, 0.29) is 0 Å². The van der Waals surface area contributed by atoms with Crippen molar-refractivity contribution in [3.63, 3.8) is 0 Å². The lowest BCUT2D eigenvalue weighted by Crippen LogP contribution is -2.06. The van der Waals surface area contributed by atoms with Crippen LogP contribution in [0.4, 0.5) is 0 Å². The minimum absolute atomic E-state index is 0.316. The normalized spacial score (nSPS) is 15.6. The van der Waals surface area contributed by atoms with Gasteiger partial charge in [-0.2, -0.15) is 0 Å². The molecule has 0 heteroatoms. The zero-order valence-electron chi connectivity index (χ0n) is 26.8. The first-order valence-corrected chi connectivity index (χ1v) is 16.1. The molecular weight excluding hydrogens is 553 g/mol. The average molecular weight is 593 g/mol. The Kier molecular flexibility index (Phi) is 9.37. The van der Waals surface area contributed by atoms with Gasteiger partial charge in [0.05, 0.1) is 0 Å². The van der Waals surface area contributed by atoms with Crippen LogP contribution in [0.1, 0.15) is 31.4 Å². The van der Waals surface area contributed by atoms with Gasteiger partial charge in [0.25, 0.3) is 0 Å². The number of fused-ring (bicyclic) bond motifs is 2. The van der Waals surface area contributed by atoms with Gasteiger partial charge in [0.2, 0.25) is 0 Å². The van der Waals surface area contributed by atoms with Crippen molar-refractivity contribution in [2.24, 2.45) is 5.92 Å². The van der Waals surface area contributed by atoms with Crippen molar-refractivity contribution in [3.8, 4) is 22.3 Å². The second kappa shape index (κ2) is 14.1. The van der Waals surface area contributed by atoms with Crippen molar-refractivity contribution in [1.82, 2.24) is 0 Å². The van der Waals surface area contributed by atoms with Crippen molar-refractivity contribution in [3.05, 3.63) is 194 Å². The molecular formula is C46H40. The van der Waals surface area contributed by atoms with Crippen LogP contribution in [0, 0.1) is 5.92 Å². The topological polar surface area (TPSA) is 0 Å². The molecule has 0 amide bonds. The monoisotopic (exact) mass is 592 g/mol. The fourth-order valence-electron chi connectivity index (χ4n) is 6.88. The summed E-state index contributed by atoms with van der Waals surface area (Å²) in [5.41, 5.74) is 11.0. The molecule has 1 unspecified atom stereocenters. The summed E-state index contributed by atoms with van der Waals surface area (Å²) in [6.45, 7) is 12.3. The Balaban J connectivity index is 1.61. The molecule has 0 bridgehead atoms. The van der Waals surface area contributed by atoms with Crippen LogP contribution in [-0.2, 0) is 0 Å². The highest BCUT2D eigenvalue weighted by molar-refractivity contribution is 6.21. The van der Waals surface area contributed by atoms with Crippen molar-refractivity contribution in [2.45, 2.75) is 20.3 Å². The number of allylic oxidation sites excluding steroid dienone is 14. The Hall–Kier alpha value is -5.46. The Bertz CT molecular complexity index is 2040. The summed E-state index contributed by atoms with van der Waals surface area (Å²) in [4.78, 5) is 0. The van der Waals surface area contributed by atoms with Gasteiger partial charge in [0.15, 0.2) is 0 Å². The van der Waals surface area contributed by atoms with Crippen LogP contribution in [0.5, 0.6) is 0 Å². The minimum atomic E-state index is 0.316. The molecule has 6 rings (SSSR count). The molecule has 0 radical (unpaired) electrons. The Morgan fingerprint density at radius 2 is 1.28 bits per heavy atom. The third kappa shape index (κ3) is 5.83. The number of benzene rings is 5. The van der Waals surface area contributed by atoms with Crippen LogP contribution < -0.4 is 0 Å². The summed E-state index contributed by atoms with van der Waals surface area (Å²) in [5, 5.41) is 4.98. The van der Waals surface area contributed by atoms with Gasteiger partial charge in [-0.1, -0.05) is 177 Å². The molecule has 0 saturated carbocycles. The zero-order chi connectivity index (χ0) is 31.9. The molecule has 0 saturated heterocycles. The van der Waals surface area contributed by atoms with Gasteiger partial charge in [-0.25, -0.2) is 0 Å². The van der Waals surface area contributed by atoms with Gasteiger partial charge >= 0.3 is 0 Å². The molecule has 0 heterocycles. The van der Waals surface area contributed by atoms with Crippen LogP contribution in [0.25, 0.3) is 54.9 Å². The molecule has 1 aliphatic carbocycles. The SMILES string of the molecule is C=C/C=C(\C=C/C)c1ccc(-c2ccccc2-c2c3ccccc3c(C(=C/C=C)/C(=C\C)C3C=CC=CC3)c3ccccc23)cc1. The van der Waals surface area contributed by atoms with E-state index in [0.29, 0.717) is 5.92 Å². The molecule has 1 atom stereocenters. The van der Waals surface area contributed by atoms with Gasteiger partial charge in [0.1, 0.15) is 0 Å². The summed E-state index contributed by atoms with van der Waals surface area (Å²) in [5.74, 6) is 0.316.